The molecule has 29 heavy (non-hydrogen) atoms. The molecule has 6 heteroatoms. The van der Waals surface area contributed by atoms with Gasteiger partial charge in [0.2, 0.25) is 5.91 Å². The monoisotopic (exact) mass is 418 g/mol. The van der Waals surface area contributed by atoms with E-state index in [4.69, 9.17) is 15.2 Å². The molecule has 1 fully saturated rings. The molecule has 5 nitrogen and oxygen atoms in total. The molecule has 0 radical (unpaired) electrons. The third kappa shape index (κ3) is 6.46. The van der Waals surface area contributed by atoms with Crippen LogP contribution < -0.4 is 15.8 Å². The minimum Gasteiger partial charge on any atom is -0.497 e. The second-order valence-corrected chi connectivity index (χ2v) is 7.83. The number of methoxy groups -OCH3 is 1. The van der Waals surface area contributed by atoms with Crippen molar-refractivity contribution in [1.29, 1.82) is 0 Å². The number of nitrogens with one attached hydrogen (secondary N) is 1. The summed E-state index contributed by atoms with van der Waals surface area (Å²) in [7, 11) is 1.65. The summed E-state index contributed by atoms with van der Waals surface area (Å²) in [6.45, 7) is 2.99. The van der Waals surface area contributed by atoms with E-state index in [0.29, 0.717) is 13.2 Å². The van der Waals surface area contributed by atoms with E-state index in [1.807, 2.05) is 55.5 Å². The van der Waals surface area contributed by atoms with Gasteiger partial charge in [0.25, 0.3) is 0 Å². The van der Waals surface area contributed by atoms with Gasteiger partial charge in [-0.15, -0.1) is 12.4 Å². The van der Waals surface area contributed by atoms with Crippen LogP contribution in [0.1, 0.15) is 43.7 Å². The highest BCUT2D eigenvalue weighted by Gasteiger charge is 2.37. The van der Waals surface area contributed by atoms with Gasteiger partial charge >= 0.3 is 0 Å². The topological polar surface area (TPSA) is 73.6 Å². The van der Waals surface area contributed by atoms with Crippen LogP contribution in [0.25, 0.3) is 0 Å². The first-order valence-electron chi connectivity index (χ1n) is 9.87. The third-order valence-electron chi connectivity index (χ3n) is 5.46. The van der Waals surface area contributed by atoms with Crippen molar-refractivity contribution in [2.75, 3.05) is 12.4 Å². The van der Waals surface area contributed by atoms with Crippen LogP contribution in [0.4, 0.5) is 5.69 Å². The Morgan fingerprint density at radius 2 is 1.86 bits per heavy atom. The Hall–Kier alpha value is -2.08. The number of benzene rings is 2. The second kappa shape index (κ2) is 10.6. The lowest BCUT2D eigenvalue weighted by Crippen LogP contribution is -2.51. The molecule has 2 aromatic carbocycles. The lowest BCUT2D eigenvalue weighted by Gasteiger charge is -2.37. The lowest BCUT2D eigenvalue weighted by atomic mass is 9.74. The number of halogens is 1. The smallest absolute Gasteiger partial charge is 0.229 e. The number of nitrogens with two attached hydrogens (primary N) is 1. The quantitative estimate of drug-likeness (QED) is 0.684. The molecule has 0 aliphatic heterocycles. The summed E-state index contributed by atoms with van der Waals surface area (Å²) in [5.41, 5.74) is 8.82. The van der Waals surface area contributed by atoms with E-state index in [-0.39, 0.29) is 24.2 Å². The van der Waals surface area contributed by atoms with Gasteiger partial charge in [-0.25, -0.2) is 0 Å². The summed E-state index contributed by atoms with van der Waals surface area (Å²) >= 11 is 0. The molecular weight excluding hydrogens is 388 g/mol. The zero-order chi connectivity index (χ0) is 20.0. The van der Waals surface area contributed by atoms with Gasteiger partial charge in [0.1, 0.15) is 5.75 Å². The summed E-state index contributed by atoms with van der Waals surface area (Å²) in [4.78, 5) is 12.7. The maximum absolute atomic E-state index is 12.7. The number of hydrogen-bond acceptors (Lipinski definition) is 4. The number of carbonyl (C=O) groups is 1. The Labute approximate surface area is 179 Å². The van der Waals surface area contributed by atoms with Crippen molar-refractivity contribution in [2.24, 2.45) is 11.7 Å². The first kappa shape index (κ1) is 23.2. The molecule has 1 amide bonds. The fourth-order valence-electron chi connectivity index (χ4n) is 3.77. The van der Waals surface area contributed by atoms with E-state index in [0.717, 1.165) is 48.2 Å². The van der Waals surface area contributed by atoms with Crippen LogP contribution in [0.3, 0.4) is 0 Å². The van der Waals surface area contributed by atoms with Crippen LogP contribution in [0.2, 0.25) is 0 Å². The fourth-order valence-corrected chi connectivity index (χ4v) is 3.77. The summed E-state index contributed by atoms with van der Waals surface area (Å²) in [6, 6.07) is 15.6. The molecule has 0 bridgehead atoms. The average molecular weight is 419 g/mol. The first-order chi connectivity index (χ1) is 13.5. The van der Waals surface area contributed by atoms with Crippen molar-refractivity contribution >= 4 is 24.0 Å². The molecule has 1 aliphatic rings. The molecule has 2 unspecified atom stereocenters. The predicted octanol–water partition coefficient (Wildman–Crippen LogP) is 4.68. The van der Waals surface area contributed by atoms with Gasteiger partial charge in [-0.2, -0.15) is 0 Å². The van der Waals surface area contributed by atoms with Gasteiger partial charge in [0.15, 0.2) is 0 Å². The Balaban J connectivity index is 0.00000300. The molecule has 1 saturated carbocycles. The molecule has 2 aromatic rings. The number of amides is 1. The third-order valence-corrected chi connectivity index (χ3v) is 5.46. The van der Waals surface area contributed by atoms with Crippen molar-refractivity contribution in [1.82, 2.24) is 0 Å². The van der Waals surface area contributed by atoms with Gasteiger partial charge in [-0.05, 0) is 55.2 Å². The van der Waals surface area contributed by atoms with E-state index in [1.54, 1.807) is 7.11 Å². The van der Waals surface area contributed by atoms with Gasteiger partial charge < -0.3 is 20.5 Å². The van der Waals surface area contributed by atoms with E-state index in [1.165, 1.54) is 0 Å². The van der Waals surface area contributed by atoms with E-state index in [2.05, 4.69) is 5.32 Å². The van der Waals surface area contributed by atoms with E-state index in [9.17, 15) is 4.79 Å². The number of ether oxygens (including phenoxy) is 2. The predicted molar refractivity (Wildman–Crippen MR) is 118 cm³/mol. The normalized spacial score (nSPS) is 21.1. The summed E-state index contributed by atoms with van der Waals surface area (Å²) in [5, 5.41) is 3.04. The molecule has 2 atom stereocenters. The van der Waals surface area contributed by atoms with Crippen molar-refractivity contribution in [3.05, 3.63) is 59.7 Å². The molecule has 3 N–H and O–H groups in total. The fraction of sp³-hybridized carbons (Fsp3) is 0.435. The number of anilines is 1. The molecule has 0 saturated heterocycles. The van der Waals surface area contributed by atoms with Gasteiger partial charge in [0, 0.05) is 11.2 Å². The van der Waals surface area contributed by atoms with Crippen LogP contribution >= 0.6 is 12.4 Å². The molecule has 158 valence electrons. The van der Waals surface area contributed by atoms with E-state index >= 15 is 0 Å². The van der Waals surface area contributed by atoms with Crippen LogP contribution in [-0.4, -0.2) is 18.6 Å². The number of hydrogen-bond donors (Lipinski definition) is 2. The molecule has 1 aliphatic carbocycles. The van der Waals surface area contributed by atoms with Gasteiger partial charge in [-0.3, -0.25) is 4.79 Å². The van der Waals surface area contributed by atoms with Crippen LogP contribution in [0.15, 0.2) is 48.5 Å². The molecule has 0 spiro atoms. The van der Waals surface area contributed by atoms with Crippen LogP contribution in [0.5, 0.6) is 5.75 Å². The number of rotatable bonds is 7. The Morgan fingerprint density at radius 3 is 2.55 bits per heavy atom. The molecular formula is C23H31ClN2O3. The summed E-state index contributed by atoms with van der Waals surface area (Å²) in [6.07, 6.45) is 3.90. The highest BCUT2D eigenvalue weighted by molar-refractivity contribution is 5.93. The van der Waals surface area contributed by atoms with Gasteiger partial charge in [0.05, 0.1) is 26.2 Å². The zero-order valence-electron chi connectivity index (χ0n) is 17.1. The summed E-state index contributed by atoms with van der Waals surface area (Å²) in [5.74, 6) is 0.705. The van der Waals surface area contributed by atoms with E-state index < -0.39 is 5.54 Å². The average Bonchev–Trinajstić information content (AvgIpc) is 2.68. The largest absolute Gasteiger partial charge is 0.497 e. The Morgan fingerprint density at radius 1 is 1.14 bits per heavy atom. The standard InChI is InChI=1S/C23H30N2O3.ClH/c1-23(24)13-4-3-8-21(23)22(26)25-19-7-5-6-18(14-19)16-28-15-17-9-11-20(27-2)12-10-17;/h5-7,9-12,14,21H,3-4,8,13,15-16,24H2,1-2H3,(H,25,26);1H. The maximum Gasteiger partial charge on any atom is 0.229 e. The van der Waals surface area contributed by atoms with Gasteiger partial charge in [-0.1, -0.05) is 37.1 Å². The van der Waals surface area contributed by atoms with Crippen LogP contribution in [-0.2, 0) is 22.7 Å². The highest BCUT2D eigenvalue weighted by Crippen LogP contribution is 2.32. The van der Waals surface area contributed by atoms with Crippen LogP contribution in [0, 0.1) is 5.92 Å². The Kier molecular flexibility index (Phi) is 8.50. The Bertz CT molecular complexity index is 793. The van der Waals surface area contributed by atoms with Crippen molar-refractivity contribution < 1.29 is 14.3 Å². The van der Waals surface area contributed by atoms with Crippen molar-refractivity contribution in [3.63, 3.8) is 0 Å². The number of carbonyl (C=O) groups excluding carboxylic acids is 1. The minimum absolute atomic E-state index is 0. The summed E-state index contributed by atoms with van der Waals surface area (Å²) < 4.78 is 11.0. The second-order valence-electron chi connectivity index (χ2n) is 7.83. The molecule has 0 aromatic heterocycles. The van der Waals surface area contributed by atoms with Crippen molar-refractivity contribution in [2.45, 2.75) is 51.4 Å². The SMILES string of the molecule is COc1ccc(COCc2cccc(NC(=O)C3CCCCC3(C)N)c2)cc1.Cl. The first-order valence-corrected chi connectivity index (χ1v) is 9.87. The maximum atomic E-state index is 12.7. The minimum atomic E-state index is -0.429. The lowest BCUT2D eigenvalue weighted by molar-refractivity contribution is -0.122. The highest BCUT2D eigenvalue weighted by atomic mass is 35.5. The molecule has 3 rings (SSSR count). The van der Waals surface area contributed by atoms with Crippen molar-refractivity contribution in [3.8, 4) is 5.75 Å². The zero-order valence-corrected chi connectivity index (χ0v) is 18.0. The molecule has 0 heterocycles.